The van der Waals surface area contributed by atoms with Crippen molar-refractivity contribution in [1.82, 2.24) is 14.9 Å². The number of aromatic nitrogens is 2. The summed E-state index contributed by atoms with van der Waals surface area (Å²) in [6, 6.07) is 8.42. The Morgan fingerprint density at radius 1 is 1.24 bits per heavy atom. The quantitative estimate of drug-likeness (QED) is 0.704. The molecule has 1 aromatic carbocycles. The van der Waals surface area contributed by atoms with Gasteiger partial charge in [0.1, 0.15) is 17.6 Å². The maximum atomic E-state index is 11.6. The topological polar surface area (TPSA) is 98.4 Å². The first-order chi connectivity index (χ1) is 11.8. The Balaban J connectivity index is 1.96. The van der Waals surface area contributed by atoms with Crippen LogP contribution in [-0.4, -0.2) is 50.5 Å². The molecule has 2 heterocycles. The van der Waals surface area contributed by atoms with Gasteiger partial charge in [0.2, 0.25) is 15.9 Å². The molecule has 0 aliphatic heterocycles. The van der Waals surface area contributed by atoms with Crippen molar-refractivity contribution in [1.29, 1.82) is 0 Å². The number of likely N-dealkylation sites (N-methyl/N-ethyl adjacent to an activating group) is 1. The number of rotatable bonds is 6. The first kappa shape index (κ1) is 17.7. The largest absolute Gasteiger partial charge is 0.475 e. The summed E-state index contributed by atoms with van der Waals surface area (Å²) in [7, 11) is 0.201. The molecule has 7 nitrogen and oxygen atoms in total. The second kappa shape index (κ2) is 7.04. The van der Waals surface area contributed by atoms with E-state index in [0.29, 0.717) is 12.5 Å². The highest BCUT2D eigenvalue weighted by atomic mass is 32.2. The molecule has 2 aromatic heterocycles. The predicted octanol–water partition coefficient (Wildman–Crippen LogP) is 1.95. The molecule has 0 spiro atoms. The van der Waals surface area contributed by atoms with E-state index in [1.165, 1.54) is 23.7 Å². The molecular weight excluding hydrogens is 360 g/mol. The number of fused-ring (bicyclic) bond motifs is 1. The number of thiophene rings is 1. The third-order valence-electron chi connectivity index (χ3n) is 3.50. The van der Waals surface area contributed by atoms with Crippen molar-refractivity contribution in [2.75, 3.05) is 27.2 Å². The van der Waals surface area contributed by atoms with Gasteiger partial charge in [0.15, 0.2) is 0 Å². The van der Waals surface area contributed by atoms with E-state index in [1.54, 1.807) is 12.1 Å². The Morgan fingerprint density at radius 2 is 2.04 bits per heavy atom. The molecular formula is C16H18N4O3S2. The molecule has 0 saturated heterocycles. The lowest BCUT2D eigenvalue weighted by molar-refractivity contribution is 0.256. The van der Waals surface area contributed by atoms with Crippen molar-refractivity contribution in [3.63, 3.8) is 0 Å². The van der Waals surface area contributed by atoms with Crippen LogP contribution in [0.5, 0.6) is 5.88 Å². The lowest BCUT2D eigenvalue weighted by Gasteiger charge is -2.10. The molecule has 2 N–H and O–H groups in total. The van der Waals surface area contributed by atoms with Crippen LogP contribution in [0.1, 0.15) is 0 Å². The van der Waals surface area contributed by atoms with Gasteiger partial charge in [0, 0.05) is 11.4 Å². The van der Waals surface area contributed by atoms with E-state index in [0.717, 1.165) is 27.2 Å². The molecule has 0 atom stereocenters. The van der Waals surface area contributed by atoms with Crippen molar-refractivity contribution >= 4 is 31.6 Å². The van der Waals surface area contributed by atoms with E-state index in [1.807, 2.05) is 31.1 Å². The highest BCUT2D eigenvalue weighted by Gasteiger charge is 2.14. The van der Waals surface area contributed by atoms with Gasteiger partial charge in [0.05, 0.1) is 10.4 Å². The van der Waals surface area contributed by atoms with Crippen LogP contribution in [0.15, 0.2) is 41.6 Å². The monoisotopic (exact) mass is 378 g/mol. The standard InChI is InChI=1S/C16H18N4O3S2/c1-20(2)6-7-23-16-15-13(18-10-19-16)9-14(24-15)11-4-3-5-12(8-11)25(17,21)22/h3-5,8-10H,6-7H2,1-2H3,(H2,17,21,22). The van der Waals surface area contributed by atoms with E-state index in [-0.39, 0.29) is 4.90 Å². The van der Waals surface area contributed by atoms with Crippen LogP contribution in [0, 0.1) is 0 Å². The van der Waals surface area contributed by atoms with Crippen molar-refractivity contribution in [2.45, 2.75) is 4.90 Å². The SMILES string of the molecule is CN(C)CCOc1ncnc2cc(-c3cccc(S(N)(=O)=O)c3)sc12. The molecule has 132 valence electrons. The second-order valence-corrected chi connectivity index (χ2v) is 8.34. The van der Waals surface area contributed by atoms with Crippen LogP contribution in [0.3, 0.4) is 0 Å². The average molecular weight is 378 g/mol. The van der Waals surface area contributed by atoms with Crippen molar-refractivity contribution in [2.24, 2.45) is 5.14 Å². The van der Waals surface area contributed by atoms with E-state index in [9.17, 15) is 8.42 Å². The zero-order valence-electron chi connectivity index (χ0n) is 13.8. The van der Waals surface area contributed by atoms with Gasteiger partial charge in [-0.15, -0.1) is 11.3 Å². The van der Waals surface area contributed by atoms with Gasteiger partial charge in [-0.1, -0.05) is 12.1 Å². The molecule has 9 heteroatoms. The summed E-state index contributed by atoms with van der Waals surface area (Å²) < 4.78 is 29.7. The molecule has 3 rings (SSSR count). The zero-order valence-corrected chi connectivity index (χ0v) is 15.5. The van der Waals surface area contributed by atoms with E-state index >= 15 is 0 Å². The molecule has 0 bridgehead atoms. The summed E-state index contributed by atoms with van der Waals surface area (Å²) in [6.45, 7) is 1.30. The minimum atomic E-state index is -3.74. The smallest absolute Gasteiger partial charge is 0.238 e. The van der Waals surface area contributed by atoms with Crippen LogP contribution >= 0.6 is 11.3 Å². The number of benzene rings is 1. The van der Waals surface area contributed by atoms with Gasteiger partial charge >= 0.3 is 0 Å². The van der Waals surface area contributed by atoms with Crippen molar-refractivity contribution in [3.8, 4) is 16.3 Å². The molecule has 0 aliphatic carbocycles. The molecule has 25 heavy (non-hydrogen) atoms. The second-order valence-electron chi connectivity index (χ2n) is 5.73. The highest BCUT2D eigenvalue weighted by molar-refractivity contribution is 7.89. The zero-order chi connectivity index (χ0) is 18.0. The molecule has 0 aliphatic rings. The van der Waals surface area contributed by atoms with Gasteiger partial charge in [-0.05, 0) is 37.9 Å². The summed E-state index contributed by atoms with van der Waals surface area (Å²) in [6.07, 6.45) is 1.46. The average Bonchev–Trinajstić information content (AvgIpc) is 2.99. The number of hydrogen-bond acceptors (Lipinski definition) is 7. The summed E-state index contributed by atoms with van der Waals surface area (Å²) in [5, 5.41) is 5.21. The van der Waals surface area contributed by atoms with Crippen LogP contribution in [0.2, 0.25) is 0 Å². The van der Waals surface area contributed by atoms with Gasteiger partial charge in [-0.25, -0.2) is 23.5 Å². The summed E-state index contributed by atoms with van der Waals surface area (Å²) in [5.41, 5.74) is 1.52. The number of primary sulfonamides is 1. The molecule has 0 fully saturated rings. The molecule has 0 unspecified atom stereocenters. The van der Waals surface area contributed by atoms with Crippen LogP contribution < -0.4 is 9.88 Å². The predicted molar refractivity (Wildman–Crippen MR) is 98.3 cm³/mol. The third kappa shape index (κ3) is 4.13. The molecule has 3 aromatic rings. The Kier molecular flexibility index (Phi) is 5.00. The van der Waals surface area contributed by atoms with E-state index < -0.39 is 10.0 Å². The number of nitrogens with zero attached hydrogens (tertiary/aromatic N) is 3. The van der Waals surface area contributed by atoms with Crippen LogP contribution in [0.25, 0.3) is 20.7 Å². The first-order valence-electron chi connectivity index (χ1n) is 7.50. The maximum absolute atomic E-state index is 11.6. The lowest BCUT2D eigenvalue weighted by Crippen LogP contribution is -2.19. The highest BCUT2D eigenvalue weighted by Crippen LogP contribution is 2.36. The third-order valence-corrected chi connectivity index (χ3v) is 5.58. The fraction of sp³-hybridized carbons (Fsp3) is 0.250. The van der Waals surface area contributed by atoms with Gasteiger partial charge in [0.25, 0.3) is 0 Å². The number of hydrogen-bond donors (Lipinski definition) is 1. The fourth-order valence-electron chi connectivity index (χ4n) is 2.23. The lowest BCUT2D eigenvalue weighted by atomic mass is 10.2. The van der Waals surface area contributed by atoms with Crippen molar-refractivity contribution in [3.05, 3.63) is 36.7 Å². The van der Waals surface area contributed by atoms with E-state index in [4.69, 9.17) is 9.88 Å². The molecule has 0 radical (unpaired) electrons. The number of sulfonamides is 1. The summed E-state index contributed by atoms with van der Waals surface area (Å²) in [5.74, 6) is 0.533. The van der Waals surface area contributed by atoms with Crippen molar-refractivity contribution < 1.29 is 13.2 Å². The Bertz CT molecular complexity index is 1000. The Morgan fingerprint density at radius 3 is 2.76 bits per heavy atom. The Labute approximate surface area is 150 Å². The first-order valence-corrected chi connectivity index (χ1v) is 9.86. The summed E-state index contributed by atoms with van der Waals surface area (Å²) >= 11 is 1.46. The van der Waals surface area contributed by atoms with Crippen LogP contribution in [0.4, 0.5) is 0 Å². The fourth-order valence-corrected chi connectivity index (χ4v) is 3.84. The van der Waals surface area contributed by atoms with Gasteiger partial charge < -0.3 is 9.64 Å². The number of ether oxygens (including phenoxy) is 1. The minimum absolute atomic E-state index is 0.0796. The Hall–Kier alpha value is -2.07. The molecule has 0 saturated carbocycles. The normalized spacial score (nSPS) is 12.0. The van der Waals surface area contributed by atoms with Crippen LogP contribution in [-0.2, 0) is 10.0 Å². The number of nitrogens with two attached hydrogens (primary N) is 1. The minimum Gasteiger partial charge on any atom is -0.475 e. The molecule has 0 amide bonds. The van der Waals surface area contributed by atoms with E-state index in [2.05, 4.69) is 9.97 Å². The maximum Gasteiger partial charge on any atom is 0.238 e. The van der Waals surface area contributed by atoms with Gasteiger partial charge in [-0.3, -0.25) is 0 Å². The van der Waals surface area contributed by atoms with Gasteiger partial charge in [-0.2, -0.15) is 0 Å². The summed E-state index contributed by atoms with van der Waals surface area (Å²) in [4.78, 5) is 11.5.